The van der Waals surface area contributed by atoms with Gasteiger partial charge in [-0.3, -0.25) is 19.4 Å². The first kappa shape index (κ1) is 67.7. The van der Waals surface area contributed by atoms with E-state index in [1.807, 2.05) is 18.3 Å². The van der Waals surface area contributed by atoms with E-state index in [0.29, 0.717) is 42.3 Å². The van der Waals surface area contributed by atoms with Crippen molar-refractivity contribution in [1.82, 2.24) is 20.0 Å². The SMILES string of the molecule is C1=C(c2ccc3c(c2)[C@H]2CCCN[C@H]2C3)CCC1.O=C(N1CCC[C@@H]2c3cc(C4=CCCC4)ccc3C[C@@H]21)C(F)(F)F.O=C(N1CCC[C@@H]2c3cc(OS(=O)(=O)C(F)(F)F)ccc3C[C@@H]21)C(F)(F)F.O=C(c1ccc2c(c1)CC=N2)N1CCC[C@@H]2c3cc(C4=CCCC4)ccc3C[C@@H]21. The summed E-state index contributed by atoms with van der Waals surface area (Å²) in [6.07, 6.45) is 21.2. The number of carbonyl (C=O) groups is 3. The minimum absolute atomic E-state index is 0.0435. The number of halogens is 9. The van der Waals surface area contributed by atoms with E-state index < -0.39 is 57.5 Å². The standard InChI is InChI=1S/C26H26N2O.C19H20F3NO.C17H21N.C15H13F6NO4S/c29-26(21-9-10-24-20(14-21)11-12-27-24)28-13-3-6-22-23-15-18(17-4-1-2-5-17)7-8-19(23)16-25(22)28;20-19(21,22)18(24)23-9-3-6-15-16-10-13(12-4-1-2-5-12)7-8-14(16)11-17(15)23;1-2-5-12(4-1)13-7-8-14-11-17-15(16(14)10-13)6-3-9-18-17;16-14(17,18)13(23)22-5-1-2-10-11-7-9(4-3-8(11)6-12(10)22)26-27(24,25)15(19,20)21/h4,7-10,12,14-15,22,25H,1-3,5-6,11,13,16H2;4,7-8,10,15,17H,1-3,5-6,9,11H2;4,7-8,10,15,17-18H,1-3,5-6,9,11H2;3-4,7,10,12H,1-2,5-6H2/t22-,25+;2*15-,17+;10-,12+/m1111/s1. The number of nitrogens with one attached hydrogen (secondary N) is 1. The Bertz CT molecular complexity index is 4190. The number of benzene rings is 5. The zero-order valence-corrected chi connectivity index (χ0v) is 55.3. The minimum atomic E-state index is -5.85. The van der Waals surface area contributed by atoms with Crippen LogP contribution in [0.4, 0.5) is 45.2 Å². The van der Waals surface area contributed by atoms with Crippen LogP contribution in [0, 0.1) is 0 Å². The Balaban J connectivity index is 0.000000113. The number of piperidine rings is 4. The Kier molecular flexibility index (Phi) is 18.8. The monoisotopic (exact) mass is 1370 g/mol. The fourth-order valence-electron chi connectivity index (χ4n) is 18.1. The molecule has 12 aliphatic rings. The lowest BCUT2D eigenvalue weighted by atomic mass is 9.87. The molecule has 17 rings (SSSR count). The third-order valence-corrected chi connectivity index (χ3v) is 23.6. The first-order valence-corrected chi connectivity index (χ1v) is 36.4. The maximum absolute atomic E-state index is 13.4. The summed E-state index contributed by atoms with van der Waals surface area (Å²) in [6.45, 7) is 2.23. The second-order valence-electron chi connectivity index (χ2n) is 28.4. The number of allylic oxidation sites excluding steroid dienone is 6. The summed E-state index contributed by atoms with van der Waals surface area (Å²) >= 11 is 0. The van der Waals surface area contributed by atoms with Crippen LogP contribution in [-0.2, 0) is 51.8 Å². The van der Waals surface area contributed by atoms with Gasteiger partial charge in [-0.2, -0.15) is 47.9 Å². The summed E-state index contributed by atoms with van der Waals surface area (Å²) in [5.74, 6) is -3.23. The number of hydrogen-bond donors (Lipinski definition) is 1. The molecule has 0 unspecified atom stereocenters. The van der Waals surface area contributed by atoms with Gasteiger partial charge in [0.05, 0.1) is 5.69 Å². The van der Waals surface area contributed by atoms with E-state index in [1.165, 1.54) is 128 Å². The van der Waals surface area contributed by atoms with Gasteiger partial charge in [0.15, 0.2) is 0 Å². The van der Waals surface area contributed by atoms with Gasteiger partial charge in [0.1, 0.15) is 5.75 Å². The van der Waals surface area contributed by atoms with Crippen molar-refractivity contribution in [2.75, 3.05) is 26.2 Å². The Morgan fingerprint density at radius 2 is 0.918 bits per heavy atom. The average Bonchev–Trinajstić information content (AvgIpc) is 1.64. The van der Waals surface area contributed by atoms with E-state index in [2.05, 4.69) is 98.3 Å². The lowest BCUT2D eigenvalue weighted by Crippen LogP contribution is -2.51. The largest absolute Gasteiger partial charge is 0.534 e. The van der Waals surface area contributed by atoms with Crippen LogP contribution < -0.4 is 9.50 Å². The lowest BCUT2D eigenvalue weighted by Gasteiger charge is -2.38. The van der Waals surface area contributed by atoms with Crippen molar-refractivity contribution in [3.05, 3.63) is 182 Å². The molecule has 0 bridgehead atoms. The number of rotatable bonds is 6. The van der Waals surface area contributed by atoms with E-state index in [-0.39, 0.29) is 43.8 Å². The Hall–Kier alpha value is -7.52. The number of carbonyl (C=O) groups excluding carboxylic acids is 3. The van der Waals surface area contributed by atoms with Crippen LogP contribution in [0.15, 0.2) is 114 Å². The molecule has 0 saturated carbocycles. The molecule has 98 heavy (non-hydrogen) atoms. The van der Waals surface area contributed by atoms with Crippen LogP contribution >= 0.6 is 0 Å². The summed E-state index contributed by atoms with van der Waals surface area (Å²) < 4.78 is 141. The Labute approximate surface area is 565 Å². The maximum Gasteiger partial charge on any atom is 0.534 e. The zero-order chi connectivity index (χ0) is 68.4. The molecule has 4 saturated heterocycles. The van der Waals surface area contributed by atoms with Gasteiger partial charge in [0.25, 0.3) is 5.91 Å². The van der Waals surface area contributed by atoms with Crippen molar-refractivity contribution in [3.63, 3.8) is 0 Å². The molecule has 0 aromatic heterocycles. The van der Waals surface area contributed by atoms with Gasteiger partial charge in [-0.05, 0) is 261 Å². The second-order valence-corrected chi connectivity index (χ2v) is 29.9. The molecule has 5 aliphatic heterocycles. The highest BCUT2D eigenvalue weighted by Gasteiger charge is 2.53. The van der Waals surface area contributed by atoms with Gasteiger partial charge in [-0.1, -0.05) is 78.9 Å². The van der Waals surface area contributed by atoms with Gasteiger partial charge in [0, 0.05) is 79.8 Å². The molecule has 4 fully saturated rings. The Morgan fingerprint density at radius 1 is 0.480 bits per heavy atom. The molecule has 5 aromatic carbocycles. The first-order chi connectivity index (χ1) is 47.0. The molecule has 1 N–H and O–H groups in total. The molecule has 518 valence electrons. The Morgan fingerprint density at radius 3 is 1.39 bits per heavy atom. The highest BCUT2D eigenvalue weighted by Crippen LogP contribution is 2.49. The maximum atomic E-state index is 13.4. The van der Waals surface area contributed by atoms with Crippen LogP contribution in [0.1, 0.15) is 210 Å². The molecule has 5 aromatic rings. The summed E-state index contributed by atoms with van der Waals surface area (Å²) in [4.78, 5) is 45.2. The van der Waals surface area contributed by atoms with Crippen LogP contribution in [-0.4, -0.2) is 115 Å². The number of alkyl halides is 9. The van der Waals surface area contributed by atoms with Crippen molar-refractivity contribution in [3.8, 4) is 5.75 Å². The lowest BCUT2D eigenvalue weighted by molar-refractivity contribution is -0.189. The molecule has 11 nitrogen and oxygen atoms in total. The van der Waals surface area contributed by atoms with Crippen molar-refractivity contribution in [2.45, 2.75) is 207 Å². The third-order valence-electron chi connectivity index (χ3n) is 22.7. The van der Waals surface area contributed by atoms with Gasteiger partial charge in [0.2, 0.25) is 0 Å². The van der Waals surface area contributed by atoms with Gasteiger partial charge >= 0.3 is 39.8 Å². The smallest absolute Gasteiger partial charge is 0.376 e. The molecular weight excluding hydrogens is 1290 g/mol. The topological polar surface area (TPSA) is 129 Å². The second kappa shape index (κ2) is 27.2. The van der Waals surface area contributed by atoms with Crippen molar-refractivity contribution in [2.24, 2.45) is 4.99 Å². The van der Waals surface area contributed by atoms with Crippen molar-refractivity contribution in [1.29, 1.82) is 0 Å². The number of amides is 3. The molecule has 21 heteroatoms. The third kappa shape index (κ3) is 13.6. The summed E-state index contributed by atoms with van der Waals surface area (Å²) in [5.41, 5.74) is 15.4. The summed E-state index contributed by atoms with van der Waals surface area (Å²) in [5, 5.41) is 3.70. The van der Waals surface area contributed by atoms with Crippen molar-refractivity contribution >= 4 is 56.5 Å². The van der Waals surface area contributed by atoms with Gasteiger partial charge < -0.3 is 24.2 Å². The molecule has 8 atom stereocenters. The average molecular weight is 1370 g/mol. The molecular formula is C77H80F9N5O6S. The molecule has 7 aliphatic carbocycles. The number of aliphatic imine (C=N–C) groups is 1. The van der Waals surface area contributed by atoms with E-state index in [9.17, 15) is 62.3 Å². The fraction of sp³-hybridized carbons (Fsp3) is 0.481. The van der Waals surface area contributed by atoms with Gasteiger partial charge in [-0.15, -0.1) is 0 Å². The zero-order valence-electron chi connectivity index (χ0n) is 54.5. The van der Waals surface area contributed by atoms with E-state index >= 15 is 0 Å². The van der Waals surface area contributed by atoms with Crippen LogP contribution in [0.3, 0.4) is 0 Å². The molecule has 0 spiro atoms. The van der Waals surface area contributed by atoms with E-state index in [1.54, 1.807) is 16.7 Å². The number of fused-ring (bicyclic) bond motifs is 13. The van der Waals surface area contributed by atoms with E-state index in [4.69, 9.17) is 0 Å². The van der Waals surface area contributed by atoms with Crippen LogP contribution in [0.2, 0.25) is 0 Å². The highest BCUT2D eigenvalue weighted by molar-refractivity contribution is 7.88. The number of likely N-dealkylation sites (tertiary alicyclic amines) is 3. The quantitative estimate of drug-likeness (QED) is 0.102. The number of nitrogens with zero attached hydrogens (tertiary/aromatic N) is 4. The first-order valence-electron chi connectivity index (χ1n) is 35.0. The fourth-order valence-corrected chi connectivity index (χ4v) is 18.5. The molecule has 5 heterocycles. The van der Waals surface area contributed by atoms with Crippen LogP contribution in [0.25, 0.3) is 16.7 Å². The molecule has 3 amide bonds. The van der Waals surface area contributed by atoms with Crippen LogP contribution in [0.5, 0.6) is 5.75 Å². The molecule has 0 radical (unpaired) electrons. The predicted octanol–water partition coefficient (Wildman–Crippen LogP) is 16.7. The number of hydrogen-bond acceptors (Lipinski definition) is 8. The minimum Gasteiger partial charge on any atom is -0.376 e. The highest BCUT2D eigenvalue weighted by atomic mass is 32.2. The summed E-state index contributed by atoms with van der Waals surface area (Å²) in [7, 11) is -5.85. The summed E-state index contributed by atoms with van der Waals surface area (Å²) in [6, 6.07) is 30.0. The van der Waals surface area contributed by atoms with Crippen molar-refractivity contribution < 1.29 is 66.5 Å². The normalized spacial score (nSPS) is 25.4. The predicted molar refractivity (Wildman–Crippen MR) is 358 cm³/mol. The van der Waals surface area contributed by atoms with Gasteiger partial charge in [-0.25, -0.2) is 0 Å². The van der Waals surface area contributed by atoms with E-state index in [0.717, 1.165) is 101 Å².